The monoisotopic (exact) mass is 391 g/mol. The van der Waals surface area contributed by atoms with Crippen LogP contribution in [0.15, 0.2) is 41.3 Å². The van der Waals surface area contributed by atoms with E-state index in [0.29, 0.717) is 22.2 Å². The van der Waals surface area contributed by atoms with Gasteiger partial charge >= 0.3 is 0 Å². The Bertz CT molecular complexity index is 1070. The number of hydrogen-bond acceptors (Lipinski definition) is 3. The third kappa shape index (κ3) is 3.57. The van der Waals surface area contributed by atoms with Gasteiger partial charge in [0.1, 0.15) is 5.82 Å². The number of rotatable bonds is 5. The van der Waals surface area contributed by atoms with Crippen molar-refractivity contribution in [1.29, 1.82) is 0 Å². The molecule has 0 aliphatic rings. The largest absolute Gasteiger partial charge is 0.328 e. The molecule has 138 valence electrons. The lowest BCUT2D eigenvalue weighted by Crippen LogP contribution is -2.14. The van der Waals surface area contributed by atoms with Gasteiger partial charge in [-0.3, -0.25) is 4.72 Å². The molecule has 0 aliphatic heterocycles. The molecule has 0 saturated heterocycles. The number of aryl methyl sites for hydroxylation is 1. The van der Waals surface area contributed by atoms with Crippen LogP contribution in [0, 0.1) is 19.8 Å². The minimum Gasteiger partial charge on any atom is -0.328 e. The second kappa shape index (κ2) is 6.93. The van der Waals surface area contributed by atoms with Crippen molar-refractivity contribution in [1.82, 2.24) is 9.55 Å². The fourth-order valence-electron chi connectivity index (χ4n) is 2.99. The number of imidazole rings is 1. The number of fused-ring (bicyclic) bond motifs is 1. The molecule has 5 nitrogen and oxygen atoms in total. The van der Waals surface area contributed by atoms with E-state index in [9.17, 15) is 8.42 Å². The van der Waals surface area contributed by atoms with Crippen molar-refractivity contribution in [2.75, 3.05) is 4.72 Å². The number of sulfonamides is 1. The van der Waals surface area contributed by atoms with Gasteiger partial charge in [-0.2, -0.15) is 0 Å². The fraction of sp³-hybridized carbons (Fsp3) is 0.316. The standard InChI is InChI=1S/C19H22ClN3O2S/c1-12(2)11-23-14(4)21-17-9-8-15(10-18(17)23)22-26(24,25)19-7-5-6-16(20)13(19)3/h5-10,12,22H,11H2,1-4H3. The highest BCUT2D eigenvalue weighted by molar-refractivity contribution is 7.92. The molecule has 0 fully saturated rings. The highest BCUT2D eigenvalue weighted by Crippen LogP contribution is 2.27. The quantitative estimate of drug-likeness (QED) is 0.681. The van der Waals surface area contributed by atoms with E-state index in [1.165, 1.54) is 0 Å². The van der Waals surface area contributed by atoms with Crippen LogP contribution in [-0.4, -0.2) is 18.0 Å². The zero-order valence-corrected chi connectivity index (χ0v) is 16.8. The number of benzene rings is 2. The Balaban J connectivity index is 2.02. The van der Waals surface area contributed by atoms with Gasteiger partial charge in [0.25, 0.3) is 10.0 Å². The van der Waals surface area contributed by atoms with Crippen LogP contribution >= 0.6 is 11.6 Å². The summed E-state index contributed by atoms with van der Waals surface area (Å²) in [5.74, 6) is 1.37. The van der Waals surface area contributed by atoms with E-state index < -0.39 is 10.0 Å². The van der Waals surface area contributed by atoms with Gasteiger partial charge in [-0.05, 0) is 55.7 Å². The van der Waals surface area contributed by atoms with Crippen LogP contribution in [0.25, 0.3) is 11.0 Å². The van der Waals surface area contributed by atoms with E-state index >= 15 is 0 Å². The molecule has 0 bridgehead atoms. The number of nitrogens with zero attached hydrogens (tertiary/aromatic N) is 2. The number of hydrogen-bond donors (Lipinski definition) is 1. The smallest absolute Gasteiger partial charge is 0.262 e. The number of aromatic nitrogens is 2. The van der Waals surface area contributed by atoms with Gasteiger partial charge in [0, 0.05) is 11.6 Å². The van der Waals surface area contributed by atoms with E-state index in [2.05, 4.69) is 28.1 Å². The highest BCUT2D eigenvalue weighted by Gasteiger charge is 2.19. The van der Waals surface area contributed by atoms with Gasteiger partial charge < -0.3 is 4.57 Å². The van der Waals surface area contributed by atoms with Gasteiger partial charge in [-0.1, -0.05) is 31.5 Å². The molecule has 0 aliphatic carbocycles. The van der Waals surface area contributed by atoms with Gasteiger partial charge in [0.2, 0.25) is 0 Å². The number of halogens is 1. The second-order valence-corrected chi connectivity index (χ2v) is 8.89. The zero-order valence-electron chi connectivity index (χ0n) is 15.2. The molecule has 3 aromatic rings. The lowest BCUT2D eigenvalue weighted by Gasteiger charge is -2.13. The summed E-state index contributed by atoms with van der Waals surface area (Å²) in [6.45, 7) is 8.76. The number of anilines is 1. The van der Waals surface area contributed by atoms with Crippen LogP contribution in [0.4, 0.5) is 5.69 Å². The SMILES string of the molecule is Cc1c(Cl)cccc1S(=O)(=O)Nc1ccc2nc(C)n(CC(C)C)c2c1. The van der Waals surface area contributed by atoms with Gasteiger partial charge in [-0.25, -0.2) is 13.4 Å². The first kappa shape index (κ1) is 18.7. The van der Waals surface area contributed by atoms with Gasteiger partial charge in [0.05, 0.1) is 21.6 Å². The minimum absolute atomic E-state index is 0.178. The van der Waals surface area contributed by atoms with Crippen LogP contribution in [0.2, 0.25) is 5.02 Å². The van der Waals surface area contributed by atoms with Crippen LogP contribution in [-0.2, 0) is 16.6 Å². The average molecular weight is 392 g/mol. The van der Waals surface area contributed by atoms with Crippen LogP contribution in [0.5, 0.6) is 0 Å². The summed E-state index contributed by atoms with van der Waals surface area (Å²) in [5.41, 5.74) is 2.80. The van der Waals surface area contributed by atoms with Crippen molar-refractivity contribution in [3.63, 3.8) is 0 Å². The van der Waals surface area contributed by atoms with E-state index in [4.69, 9.17) is 11.6 Å². The summed E-state index contributed by atoms with van der Waals surface area (Å²) in [4.78, 5) is 4.73. The lowest BCUT2D eigenvalue weighted by molar-refractivity contribution is 0.524. The molecule has 2 aromatic carbocycles. The molecule has 26 heavy (non-hydrogen) atoms. The summed E-state index contributed by atoms with van der Waals surface area (Å²) in [7, 11) is -3.73. The maximum atomic E-state index is 12.8. The molecule has 0 radical (unpaired) electrons. The van der Waals surface area contributed by atoms with Crippen molar-refractivity contribution in [2.45, 2.75) is 39.1 Å². The fourth-order valence-corrected chi connectivity index (χ4v) is 4.54. The van der Waals surface area contributed by atoms with Crippen LogP contribution in [0.3, 0.4) is 0 Å². The Kier molecular flexibility index (Phi) is 4.99. The van der Waals surface area contributed by atoms with E-state index in [0.717, 1.165) is 23.4 Å². The Morgan fingerprint density at radius 1 is 1.19 bits per heavy atom. The minimum atomic E-state index is -3.73. The molecular formula is C19H22ClN3O2S. The third-order valence-electron chi connectivity index (χ3n) is 4.25. The van der Waals surface area contributed by atoms with Crippen molar-refractivity contribution >= 4 is 38.3 Å². The average Bonchev–Trinajstić information content (AvgIpc) is 2.84. The molecule has 0 spiro atoms. The van der Waals surface area contributed by atoms with Gasteiger partial charge in [-0.15, -0.1) is 0 Å². The summed E-state index contributed by atoms with van der Waals surface area (Å²) >= 11 is 6.07. The first-order chi connectivity index (χ1) is 12.2. The molecular weight excluding hydrogens is 370 g/mol. The molecule has 0 amide bonds. The maximum Gasteiger partial charge on any atom is 0.262 e. The Hall–Kier alpha value is -2.05. The van der Waals surface area contributed by atoms with Gasteiger partial charge in [0.15, 0.2) is 0 Å². The van der Waals surface area contributed by atoms with Crippen molar-refractivity contribution in [3.05, 3.63) is 52.8 Å². The second-order valence-electron chi connectivity index (χ2n) is 6.84. The maximum absolute atomic E-state index is 12.8. The highest BCUT2D eigenvalue weighted by atomic mass is 35.5. The topological polar surface area (TPSA) is 64.0 Å². The molecule has 1 heterocycles. The van der Waals surface area contributed by atoms with Crippen LogP contribution in [0.1, 0.15) is 25.2 Å². The van der Waals surface area contributed by atoms with Crippen molar-refractivity contribution < 1.29 is 8.42 Å². The molecule has 3 rings (SSSR count). The molecule has 7 heteroatoms. The van der Waals surface area contributed by atoms with E-state index in [1.807, 2.05) is 19.1 Å². The predicted molar refractivity (Wildman–Crippen MR) is 106 cm³/mol. The molecule has 0 unspecified atom stereocenters. The Morgan fingerprint density at radius 3 is 2.62 bits per heavy atom. The molecule has 0 atom stereocenters. The summed E-state index contributed by atoms with van der Waals surface area (Å²) in [6.07, 6.45) is 0. The number of nitrogens with one attached hydrogen (secondary N) is 1. The molecule has 1 aromatic heterocycles. The first-order valence-electron chi connectivity index (χ1n) is 8.44. The zero-order chi connectivity index (χ0) is 19.1. The van der Waals surface area contributed by atoms with Crippen molar-refractivity contribution in [3.8, 4) is 0 Å². The predicted octanol–water partition coefficient (Wildman–Crippen LogP) is 4.76. The van der Waals surface area contributed by atoms with E-state index in [1.54, 1.807) is 31.2 Å². The summed E-state index contributed by atoms with van der Waals surface area (Å²) in [6, 6.07) is 10.3. The summed E-state index contributed by atoms with van der Waals surface area (Å²) < 4.78 is 30.3. The van der Waals surface area contributed by atoms with E-state index in [-0.39, 0.29) is 4.90 Å². The summed E-state index contributed by atoms with van der Waals surface area (Å²) in [5, 5.41) is 0.425. The van der Waals surface area contributed by atoms with Crippen molar-refractivity contribution in [2.24, 2.45) is 5.92 Å². The van der Waals surface area contributed by atoms with Crippen LogP contribution < -0.4 is 4.72 Å². The molecule has 0 saturated carbocycles. The lowest BCUT2D eigenvalue weighted by atomic mass is 10.2. The first-order valence-corrected chi connectivity index (χ1v) is 10.3. The molecule has 1 N–H and O–H groups in total. The Morgan fingerprint density at radius 2 is 1.92 bits per heavy atom. The Labute approximate surface area is 159 Å². The third-order valence-corrected chi connectivity index (χ3v) is 6.18. The normalized spacial score (nSPS) is 12.1.